The van der Waals surface area contributed by atoms with Crippen molar-refractivity contribution in [3.05, 3.63) is 102 Å². The molecule has 0 saturated carbocycles. The van der Waals surface area contributed by atoms with Gasteiger partial charge < -0.3 is 10.8 Å². The van der Waals surface area contributed by atoms with Crippen molar-refractivity contribution in [2.24, 2.45) is 0 Å². The Balaban J connectivity index is 0.00000289. The highest BCUT2D eigenvalue weighted by Gasteiger charge is 2.20. The van der Waals surface area contributed by atoms with E-state index in [0.717, 1.165) is 64.9 Å². The molecule has 202 valence electrons. The van der Waals surface area contributed by atoms with E-state index in [1.54, 1.807) is 0 Å². The van der Waals surface area contributed by atoms with E-state index in [-0.39, 0.29) is 19.0 Å². The van der Waals surface area contributed by atoms with Gasteiger partial charge in [0, 0.05) is 42.3 Å². The Bertz CT molecular complexity index is 1810. The Labute approximate surface area is 238 Å². The van der Waals surface area contributed by atoms with Crippen molar-refractivity contribution in [3.8, 4) is 22.4 Å². The Morgan fingerprint density at radius 2 is 1.77 bits per heavy atom. The average molecular weight is 552 g/mol. The van der Waals surface area contributed by atoms with Crippen LogP contribution in [0.2, 0.25) is 0 Å². The zero-order chi connectivity index (χ0) is 26.3. The SMILES string of the molecule is Cl.Nc1ncnn2c(-c3ccc4c(c3)CN(CCO)CC4)cc(-c3ccc4cn(Cc5ccccc5)nc4c3)c12. The molecule has 1 aliphatic heterocycles. The number of β-amino-alcohol motifs (C(OH)–C–C–N with tert-alkyl or cyclic N) is 1. The van der Waals surface area contributed by atoms with Crippen LogP contribution in [-0.2, 0) is 19.5 Å². The molecule has 0 amide bonds. The van der Waals surface area contributed by atoms with Gasteiger partial charge in [0.05, 0.1) is 24.4 Å². The molecule has 40 heavy (non-hydrogen) atoms. The first kappa shape index (κ1) is 26.0. The lowest BCUT2D eigenvalue weighted by molar-refractivity contribution is 0.184. The van der Waals surface area contributed by atoms with Crippen molar-refractivity contribution in [3.63, 3.8) is 0 Å². The Kier molecular flexibility index (Phi) is 6.98. The maximum atomic E-state index is 9.41. The predicted octanol–water partition coefficient (Wildman–Crippen LogP) is 4.82. The molecule has 0 bridgehead atoms. The van der Waals surface area contributed by atoms with Crippen molar-refractivity contribution >= 4 is 34.6 Å². The highest BCUT2D eigenvalue weighted by molar-refractivity contribution is 5.95. The maximum absolute atomic E-state index is 9.41. The number of nitrogens with zero attached hydrogens (tertiary/aromatic N) is 6. The molecular formula is C31H30ClN7O. The van der Waals surface area contributed by atoms with Crippen LogP contribution >= 0.6 is 12.4 Å². The molecule has 0 atom stereocenters. The maximum Gasteiger partial charge on any atom is 0.152 e. The van der Waals surface area contributed by atoms with Crippen molar-refractivity contribution < 1.29 is 5.11 Å². The third-order valence-corrected chi connectivity index (χ3v) is 7.65. The van der Waals surface area contributed by atoms with E-state index in [1.165, 1.54) is 23.0 Å². The molecule has 0 unspecified atom stereocenters. The minimum absolute atomic E-state index is 0. The number of hydrogen-bond donors (Lipinski definition) is 2. The van der Waals surface area contributed by atoms with Crippen molar-refractivity contribution in [1.29, 1.82) is 0 Å². The molecule has 7 rings (SSSR count). The number of halogens is 1. The number of aromatic nitrogens is 5. The van der Waals surface area contributed by atoms with Crippen LogP contribution in [0.4, 0.5) is 5.82 Å². The molecule has 3 aromatic heterocycles. The lowest BCUT2D eigenvalue weighted by atomic mass is 9.96. The number of aliphatic hydroxyl groups excluding tert-OH is 1. The summed E-state index contributed by atoms with van der Waals surface area (Å²) >= 11 is 0. The highest BCUT2D eigenvalue weighted by atomic mass is 35.5. The summed E-state index contributed by atoms with van der Waals surface area (Å²) in [5.41, 5.74) is 16.0. The molecule has 0 radical (unpaired) electrons. The average Bonchev–Trinajstić information content (AvgIpc) is 3.55. The van der Waals surface area contributed by atoms with Gasteiger partial charge in [-0.2, -0.15) is 10.2 Å². The van der Waals surface area contributed by atoms with Gasteiger partial charge in [-0.1, -0.05) is 54.6 Å². The zero-order valence-electron chi connectivity index (χ0n) is 21.9. The number of nitrogen functional groups attached to an aromatic ring is 1. The summed E-state index contributed by atoms with van der Waals surface area (Å²) in [7, 11) is 0. The summed E-state index contributed by atoms with van der Waals surface area (Å²) in [6, 6.07) is 25.5. The number of aliphatic hydroxyl groups is 1. The first-order valence-electron chi connectivity index (χ1n) is 13.3. The van der Waals surface area contributed by atoms with E-state index < -0.39 is 0 Å². The van der Waals surface area contributed by atoms with Gasteiger partial charge in [0.15, 0.2) is 5.82 Å². The standard InChI is InChI=1S/C31H29N7O.ClH/c32-31-30-27(23-7-9-25-19-37(35-28(25)15-23)17-21-4-2-1-3-5-21)16-29(38(30)34-20-33-31)24-8-6-22-10-11-36(12-13-39)18-26(22)14-24;/h1-9,14-16,19-20,39H,10-13,17-18H2,(H2,32,33,34);1H. The minimum Gasteiger partial charge on any atom is -0.395 e. The number of hydrogen-bond acceptors (Lipinski definition) is 6. The van der Waals surface area contributed by atoms with Crippen LogP contribution in [0.1, 0.15) is 16.7 Å². The molecule has 3 aromatic carbocycles. The lowest BCUT2D eigenvalue weighted by Gasteiger charge is -2.28. The van der Waals surface area contributed by atoms with Gasteiger partial charge in [-0.3, -0.25) is 9.58 Å². The minimum atomic E-state index is 0. The van der Waals surface area contributed by atoms with E-state index in [2.05, 4.69) is 75.8 Å². The highest BCUT2D eigenvalue weighted by Crippen LogP contribution is 2.36. The first-order chi connectivity index (χ1) is 19.2. The molecule has 0 fully saturated rings. The van der Waals surface area contributed by atoms with Crippen molar-refractivity contribution in [1.82, 2.24) is 29.3 Å². The summed E-state index contributed by atoms with van der Waals surface area (Å²) < 4.78 is 3.88. The van der Waals surface area contributed by atoms with Crippen LogP contribution in [0, 0.1) is 0 Å². The van der Waals surface area contributed by atoms with Crippen LogP contribution in [0.15, 0.2) is 85.3 Å². The fourth-order valence-corrected chi connectivity index (χ4v) is 5.69. The monoisotopic (exact) mass is 551 g/mol. The van der Waals surface area contributed by atoms with Gasteiger partial charge in [-0.15, -0.1) is 12.4 Å². The number of anilines is 1. The van der Waals surface area contributed by atoms with Gasteiger partial charge in [-0.05, 0) is 46.9 Å². The van der Waals surface area contributed by atoms with Gasteiger partial charge in [-0.25, -0.2) is 9.50 Å². The van der Waals surface area contributed by atoms with Crippen LogP contribution in [0.25, 0.3) is 38.8 Å². The summed E-state index contributed by atoms with van der Waals surface area (Å²) in [4.78, 5) is 6.60. The van der Waals surface area contributed by atoms with Crippen molar-refractivity contribution in [2.45, 2.75) is 19.5 Å². The third-order valence-electron chi connectivity index (χ3n) is 7.65. The number of fused-ring (bicyclic) bond motifs is 3. The third kappa shape index (κ3) is 4.70. The van der Waals surface area contributed by atoms with Crippen LogP contribution in [0.3, 0.4) is 0 Å². The van der Waals surface area contributed by atoms with E-state index >= 15 is 0 Å². The Morgan fingerprint density at radius 3 is 2.62 bits per heavy atom. The largest absolute Gasteiger partial charge is 0.395 e. The van der Waals surface area contributed by atoms with Crippen LogP contribution in [-0.4, -0.2) is 54.1 Å². The fraction of sp³-hybridized carbons (Fsp3) is 0.194. The molecular weight excluding hydrogens is 522 g/mol. The van der Waals surface area contributed by atoms with Gasteiger partial charge >= 0.3 is 0 Å². The second-order valence-electron chi connectivity index (χ2n) is 10.2. The Morgan fingerprint density at radius 1 is 0.925 bits per heavy atom. The predicted molar refractivity (Wildman–Crippen MR) is 160 cm³/mol. The van der Waals surface area contributed by atoms with Crippen LogP contribution in [0.5, 0.6) is 0 Å². The van der Waals surface area contributed by atoms with Gasteiger partial charge in [0.2, 0.25) is 0 Å². The molecule has 0 aliphatic carbocycles. The molecule has 1 aliphatic rings. The number of benzene rings is 3. The lowest BCUT2D eigenvalue weighted by Crippen LogP contribution is -2.32. The van der Waals surface area contributed by atoms with E-state index in [1.807, 2.05) is 27.4 Å². The quantitative estimate of drug-likeness (QED) is 0.308. The molecule has 0 spiro atoms. The van der Waals surface area contributed by atoms with Gasteiger partial charge in [0.1, 0.15) is 11.8 Å². The number of nitrogens with two attached hydrogens (primary N) is 1. The zero-order valence-corrected chi connectivity index (χ0v) is 22.8. The van der Waals surface area contributed by atoms with Crippen molar-refractivity contribution in [2.75, 3.05) is 25.4 Å². The molecule has 4 heterocycles. The Hall–Kier alpha value is -4.24. The smallest absolute Gasteiger partial charge is 0.152 e. The topological polar surface area (TPSA) is 97.5 Å². The normalized spacial score (nSPS) is 13.4. The molecule has 0 saturated heterocycles. The summed E-state index contributed by atoms with van der Waals surface area (Å²) in [6.45, 7) is 3.39. The second kappa shape index (κ2) is 10.7. The van der Waals surface area contributed by atoms with E-state index in [4.69, 9.17) is 10.8 Å². The summed E-state index contributed by atoms with van der Waals surface area (Å²) in [6.07, 6.45) is 4.58. The fourth-order valence-electron chi connectivity index (χ4n) is 5.69. The molecule has 3 N–H and O–H groups in total. The van der Waals surface area contributed by atoms with E-state index in [0.29, 0.717) is 12.4 Å². The summed E-state index contributed by atoms with van der Waals surface area (Å²) in [5.74, 6) is 0.438. The molecule has 8 nitrogen and oxygen atoms in total. The molecule has 6 aromatic rings. The summed E-state index contributed by atoms with van der Waals surface area (Å²) in [5, 5.41) is 20.0. The second-order valence-corrected chi connectivity index (χ2v) is 10.2. The van der Waals surface area contributed by atoms with E-state index in [9.17, 15) is 5.11 Å². The van der Waals surface area contributed by atoms with Crippen LogP contribution < -0.4 is 5.73 Å². The first-order valence-corrected chi connectivity index (χ1v) is 13.3. The van der Waals surface area contributed by atoms with Gasteiger partial charge in [0.25, 0.3) is 0 Å². The number of rotatable bonds is 6. The molecule has 9 heteroatoms.